The Hall–Kier alpha value is -1.47. The first-order valence-corrected chi connectivity index (χ1v) is 5.97. The van der Waals surface area contributed by atoms with E-state index in [1.54, 1.807) is 14.0 Å². The van der Waals surface area contributed by atoms with Gasteiger partial charge in [-0.3, -0.25) is 4.79 Å². The lowest BCUT2D eigenvalue weighted by Gasteiger charge is -2.29. The Morgan fingerprint density at radius 3 is 2.65 bits per heavy atom. The van der Waals surface area contributed by atoms with Gasteiger partial charge < -0.3 is 15.3 Å². The van der Waals surface area contributed by atoms with Gasteiger partial charge in [0.05, 0.1) is 11.6 Å². The molecule has 0 radical (unpaired) electrons. The van der Waals surface area contributed by atoms with Crippen molar-refractivity contribution in [2.75, 3.05) is 25.0 Å². The van der Waals surface area contributed by atoms with E-state index in [4.69, 9.17) is 5.11 Å². The summed E-state index contributed by atoms with van der Waals surface area (Å²) in [5.41, 5.74) is 0.571. The van der Waals surface area contributed by atoms with Gasteiger partial charge in [0.2, 0.25) is 5.91 Å². The van der Waals surface area contributed by atoms with Gasteiger partial charge in [-0.15, -0.1) is 0 Å². The summed E-state index contributed by atoms with van der Waals surface area (Å²) in [4.78, 5) is 24.5. The number of nitrogens with zero attached hydrogens (tertiary/aromatic N) is 2. The van der Waals surface area contributed by atoms with Crippen molar-refractivity contribution in [1.82, 2.24) is 9.69 Å². The quantitative estimate of drug-likeness (QED) is 0.813. The molecule has 2 N–H and O–H groups in total. The fourth-order valence-electron chi connectivity index (χ4n) is 1.67. The minimum atomic E-state index is -1.04. The maximum absolute atomic E-state index is 12.0. The van der Waals surface area contributed by atoms with Crippen LogP contribution in [0.25, 0.3) is 0 Å². The summed E-state index contributed by atoms with van der Waals surface area (Å²) in [6.45, 7) is 2.94. The van der Waals surface area contributed by atoms with E-state index in [2.05, 4.69) is 9.69 Å². The van der Waals surface area contributed by atoms with Crippen LogP contribution in [0, 0.1) is 12.8 Å². The zero-order valence-electron chi connectivity index (χ0n) is 9.56. The third kappa shape index (κ3) is 2.03. The van der Waals surface area contributed by atoms with Gasteiger partial charge in [0.25, 0.3) is 0 Å². The lowest BCUT2D eigenvalue weighted by Crippen LogP contribution is -2.51. The van der Waals surface area contributed by atoms with Crippen molar-refractivity contribution >= 4 is 28.4 Å². The van der Waals surface area contributed by atoms with E-state index < -0.39 is 5.97 Å². The summed E-state index contributed by atoms with van der Waals surface area (Å²) < 4.78 is 4.00. The fourth-order valence-corrected chi connectivity index (χ4v) is 2.52. The summed E-state index contributed by atoms with van der Waals surface area (Å²) >= 11 is 1.05. The molecule has 0 aliphatic carbocycles. The van der Waals surface area contributed by atoms with Crippen LogP contribution in [0.15, 0.2) is 0 Å². The van der Waals surface area contributed by atoms with Crippen molar-refractivity contribution in [2.45, 2.75) is 6.92 Å². The number of carboxylic acids is 1. The Morgan fingerprint density at radius 1 is 1.53 bits per heavy atom. The molecule has 0 unspecified atom stereocenters. The highest BCUT2D eigenvalue weighted by atomic mass is 32.1. The molecule has 0 spiro atoms. The molecule has 17 heavy (non-hydrogen) atoms. The molecule has 0 aromatic carbocycles. The molecule has 6 nitrogen and oxygen atoms in total. The van der Waals surface area contributed by atoms with Crippen molar-refractivity contribution in [3.05, 3.63) is 11.3 Å². The number of amides is 1. The standard InChI is InChI=1S/C10H13N3O3S/c1-5-7(10(15)16)9(17-12-5)13(2)8(14)6-3-11-4-6/h6,11H,3-4H2,1-2H3,(H,15,16). The predicted octanol–water partition coefficient (Wildman–Crippen LogP) is 0.332. The second kappa shape index (κ2) is 4.42. The second-order valence-electron chi connectivity index (χ2n) is 4.01. The van der Waals surface area contributed by atoms with Crippen LogP contribution in [-0.2, 0) is 4.79 Å². The summed E-state index contributed by atoms with van der Waals surface area (Å²) in [7, 11) is 1.60. The Kier molecular flexibility index (Phi) is 3.12. The molecule has 92 valence electrons. The first-order chi connectivity index (χ1) is 8.02. The maximum Gasteiger partial charge on any atom is 0.340 e. The Balaban J connectivity index is 2.27. The van der Waals surface area contributed by atoms with Crippen LogP contribution >= 0.6 is 11.5 Å². The minimum Gasteiger partial charge on any atom is -0.478 e. The third-order valence-electron chi connectivity index (χ3n) is 2.82. The topological polar surface area (TPSA) is 82.5 Å². The molecule has 1 fully saturated rings. The molecule has 2 heterocycles. The Labute approximate surface area is 102 Å². The highest BCUT2D eigenvalue weighted by Crippen LogP contribution is 2.29. The van der Waals surface area contributed by atoms with Crippen molar-refractivity contribution in [1.29, 1.82) is 0 Å². The van der Waals surface area contributed by atoms with Crippen LogP contribution in [-0.4, -0.2) is 41.5 Å². The third-order valence-corrected chi connectivity index (χ3v) is 3.84. The molecule has 1 aliphatic rings. The van der Waals surface area contributed by atoms with Crippen molar-refractivity contribution in [3.8, 4) is 0 Å². The SMILES string of the molecule is Cc1nsc(N(C)C(=O)C2CNC2)c1C(=O)O. The van der Waals surface area contributed by atoms with E-state index in [1.807, 2.05) is 0 Å². The second-order valence-corrected chi connectivity index (χ2v) is 4.76. The lowest BCUT2D eigenvalue weighted by molar-refractivity contribution is -0.123. The molecule has 0 bridgehead atoms. The number of anilines is 1. The first kappa shape index (κ1) is 12.0. The largest absolute Gasteiger partial charge is 0.478 e. The van der Waals surface area contributed by atoms with Gasteiger partial charge in [0.1, 0.15) is 10.6 Å². The summed E-state index contributed by atoms with van der Waals surface area (Å²) in [6.07, 6.45) is 0. The normalized spacial score (nSPS) is 15.4. The van der Waals surface area contributed by atoms with E-state index in [0.717, 1.165) is 11.5 Å². The van der Waals surface area contributed by atoms with Crippen molar-refractivity contribution in [2.24, 2.45) is 5.92 Å². The van der Waals surface area contributed by atoms with Crippen LogP contribution in [0.5, 0.6) is 0 Å². The average molecular weight is 255 g/mol. The number of carbonyl (C=O) groups is 2. The van der Waals surface area contributed by atoms with Gasteiger partial charge in [-0.2, -0.15) is 4.37 Å². The number of carbonyl (C=O) groups excluding carboxylic acids is 1. The molecule has 0 saturated carbocycles. The number of hydrogen-bond acceptors (Lipinski definition) is 5. The maximum atomic E-state index is 12.0. The number of nitrogens with one attached hydrogen (secondary N) is 1. The molecule has 0 atom stereocenters. The van der Waals surface area contributed by atoms with Gasteiger partial charge in [-0.25, -0.2) is 4.79 Å². The first-order valence-electron chi connectivity index (χ1n) is 5.20. The predicted molar refractivity (Wildman–Crippen MR) is 63.6 cm³/mol. The van der Waals surface area contributed by atoms with E-state index in [-0.39, 0.29) is 17.4 Å². The van der Waals surface area contributed by atoms with E-state index in [9.17, 15) is 9.59 Å². The molecule has 1 amide bonds. The molecule has 1 aliphatic heterocycles. The molecule has 7 heteroatoms. The monoisotopic (exact) mass is 255 g/mol. The number of aryl methyl sites for hydroxylation is 1. The van der Waals surface area contributed by atoms with Gasteiger partial charge in [0.15, 0.2) is 0 Å². The zero-order chi connectivity index (χ0) is 12.6. The number of carboxylic acid groups (broad SMARTS) is 1. The summed E-state index contributed by atoms with van der Waals surface area (Å²) in [5.74, 6) is -1.16. The Bertz CT molecular complexity index is 467. The molecular weight excluding hydrogens is 242 g/mol. The highest BCUT2D eigenvalue weighted by Gasteiger charge is 2.31. The lowest BCUT2D eigenvalue weighted by atomic mass is 10.0. The zero-order valence-corrected chi connectivity index (χ0v) is 10.4. The van der Waals surface area contributed by atoms with Gasteiger partial charge in [-0.05, 0) is 18.5 Å². The fraction of sp³-hybridized carbons (Fsp3) is 0.500. The van der Waals surface area contributed by atoms with Crippen LogP contribution in [0.2, 0.25) is 0 Å². The average Bonchev–Trinajstić information content (AvgIpc) is 2.56. The number of aromatic nitrogens is 1. The molecule has 1 aromatic heterocycles. The molecular formula is C10H13N3O3S. The number of hydrogen-bond donors (Lipinski definition) is 2. The summed E-state index contributed by atoms with van der Waals surface area (Å²) in [5, 5.41) is 12.5. The highest BCUT2D eigenvalue weighted by molar-refractivity contribution is 7.11. The van der Waals surface area contributed by atoms with E-state index in [0.29, 0.717) is 23.8 Å². The van der Waals surface area contributed by atoms with Crippen LogP contribution in [0.4, 0.5) is 5.00 Å². The van der Waals surface area contributed by atoms with Crippen molar-refractivity contribution in [3.63, 3.8) is 0 Å². The van der Waals surface area contributed by atoms with Crippen LogP contribution < -0.4 is 10.2 Å². The number of rotatable bonds is 3. The van der Waals surface area contributed by atoms with Crippen LogP contribution in [0.3, 0.4) is 0 Å². The van der Waals surface area contributed by atoms with E-state index in [1.165, 1.54) is 4.90 Å². The molecule has 2 rings (SSSR count). The Morgan fingerprint density at radius 2 is 2.18 bits per heavy atom. The summed E-state index contributed by atoms with van der Waals surface area (Å²) in [6, 6.07) is 0. The molecule has 1 saturated heterocycles. The number of aromatic carboxylic acids is 1. The van der Waals surface area contributed by atoms with Crippen molar-refractivity contribution < 1.29 is 14.7 Å². The smallest absolute Gasteiger partial charge is 0.340 e. The van der Waals surface area contributed by atoms with Gasteiger partial charge >= 0.3 is 5.97 Å². The van der Waals surface area contributed by atoms with Gasteiger partial charge in [-0.1, -0.05) is 0 Å². The minimum absolute atomic E-state index is 0.0518. The van der Waals surface area contributed by atoms with E-state index >= 15 is 0 Å². The van der Waals surface area contributed by atoms with Gasteiger partial charge in [0, 0.05) is 20.1 Å². The van der Waals surface area contributed by atoms with Crippen LogP contribution in [0.1, 0.15) is 16.1 Å². The molecule has 1 aromatic rings.